The van der Waals surface area contributed by atoms with Crippen molar-refractivity contribution in [3.63, 3.8) is 0 Å². The number of rotatable bonds is 2. The van der Waals surface area contributed by atoms with Crippen LogP contribution in [0.5, 0.6) is 0 Å². The molecule has 0 spiro atoms. The molecule has 1 fully saturated rings. The Labute approximate surface area is 135 Å². The summed E-state index contributed by atoms with van der Waals surface area (Å²) in [6, 6.07) is 13.0. The highest BCUT2D eigenvalue weighted by Gasteiger charge is 2.20. The molecule has 2 aromatic rings. The van der Waals surface area contributed by atoms with Gasteiger partial charge in [0.05, 0.1) is 0 Å². The van der Waals surface area contributed by atoms with E-state index in [1.54, 1.807) is 18.3 Å². The lowest BCUT2D eigenvalue weighted by atomic mass is 10.2. The molecular weight excluding hydrogens is 298 g/mol. The molecule has 1 saturated heterocycles. The maximum absolute atomic E-state index is 12.6. The first-order chi connectivity index (χ1) is 10.7. The molecule has 0 radical (unpaired) electrons. The number of carbonyl (C=O) groups is 1. The van der Waals surface area contributed by atoms with Crippen molar-refractivity contribution in [3.8, 4) is 0 Å². The zero-order chi connectivity index (χ0) is 15.4. The van der Waals surface area contributed by atoms with Crippen LogP contribution in [0.15, 0.2) is 48.7 Å². The summed E-state index contributed by atoms with van der Waals surface area (Å²) in [5, 5.41) is 0.593. The van der Waals surface area contributed by atoms with Crippen LogP contribution in [0.2, 0.25) is 5.02 Å². The smallest absolute Gasteiger partial charge is 0.253 e. The van der Waals surface area contributed by atoms with E-state index in [1.807, 2.05) is 35.2 Å². The van der Waals surface area contributed by atoms with E-state index in [-0.39, 0.29) is 5.91 Å². The maximum atomic E-state index is 12.6. The lowest BCUT2D eigenvalue weighted by molar-refractivity contribution is 0.0767. The minimum absolute atomic E-state index is 0.0466. The summed E-state index contributed by atoms with van der Waals surface area (Å²) >= 11 is 5.98. The van der Waals surface area contributed by atoms with E-state index in [0.717, 1.165) is 31.9 Å². The molecule has 2 heterocycles. The molecule has 0 unspecified atom stereocenters. The summed E-state index contributed by atoms with van der Waals surface area (Å²) in [6.45, 7) is 3.16. The summed E-state index contributed by atoms with van der Waals surface area (Å²) in [5.41, 5.74) is 0.652. The molecule has 0 aliphatic carbocycles. The molecule has 114 valence electrons. The van der Waals surface area contributed by atoms with Crippen molar-refractivity contribution in [3.05, 3.63) is 59.2 Å². The fourth-order valence-corrected chi connectivity index (χ4v) is 2.88. The topological polar surface area (TPSA) is 36.4 Å². The average Bonchev–Trinajstić information content (AvgIpc) is 2.81. The van der Waals surface area contributed by atoms with Gasteiger partial charge in [0.25, 0.3) is 5.91 Å². The van der Waals surface area contributed by atoms with Gasteiger partial charge >= 0.3 is 0 Å². The van der Waals surface area contributed by atoms with Crippen molar-refractivity contribution in [1.29, 1.82) is 0 Å². The summed E-state index contributed by atoms with van der Waals surface area (Å²) in [7, 11) is 0. The van der Waals surface area contributed by atoms with Crippen LogP contribution in [0.1, 0.15) is 16.8 Å². The highest BCUT2D eigenvalue weighted by Crippen LogP contribution is 2.16. The maximum Gasteiger partial charge on any atom is 0.253 e. The average molecular weight is 316 g/mol. The van der Waals surface area contributed by atoms with Crippen molar-refractivity contribution in [1.82, 2.24) is 9.88 Å². The van der Waals surface area contributed by atoms with Crippen molar-refractivity contribution in [2.45, 2.75) is 6.42 Å². The standard InChI is InChI=1S/C17H18ClN3O/c18-15-6-3-5-14(13-15)17(22)21-10-4-9-20(11-12-21)16-7-1-2-8-19-16/h1-3,5-8,13H,4,9-12H2. The number of hydrogen-bond acceptors (Lipinski definition) is 3. The summed E-state index contributed by atoms with van der Waals surface area (Å²) in [6.07, 6.45) is 2.73. The summed E-state index contributed by atoms with van der Waals surface area (Å²) in [5.74, 6) is 1.02. The second-order valence-corrected chi connectivity index (χ2v) is 5.77. The Morgan fingerprint density at radius 2 is 1.95 bits per heavy atom. The van der Waals surface area contributed by atoms with Gasteiger partial charge in [0.2, 0.25) is 0 Å². The van der Waals surface area contributed by atoms with Gasteiger partial charge in [-0.15, -0.1) is 0 Å². The van der Waals surface area contributed by atoms with Crippen molar-refractivity contribution < 1.29 is 4.79 Å². The van der Waals surface area contributed by atoms with E-state index in [2.05, 4.69) is 9.88 Å². The molecule has 0 N–H and O–H groups in total. The molecule has 5 heteroatoms. The number of anilines is 1. The first kappa shape index (κ1) is 14.9. The van der Waals surface area contributed by atoms with Crippen molar-refractivity contribution in [2.75, 3.05) is 31.1 Å². The molecule has 1 aliphatic heterocycles. The first-order valence-corrected chi connectivity index (χ1v) is 7.83. The third-order valence-corrected chi connectivity index (χ3v) is 4.06. The van der Waals surface area contributed by atoms with Gasteiger partial charge in [0.15, 0.2) is 0 Å². The van der Waals surface area contributed by atoms with Crippen molar-refractivity contribution >= 4 is 23.3 Å². The van der Waals surface area contributed by atoms with E-state index in [0.29, 0.717) is 17.1 Å². The third-order valence-electron chi connectivity index (χ3n) is 3.83. The van der Waals surface area contributed by atoms with Crippen LogP contribution in [-0.4, -0.2) is 42.0 Å². The molecule has 0 bridgehead atoms. The zero-order valence-electron chi connectivity index (χ0n) is 12.3. The SMILES string of the molecule is O=C(c1cccc(Cl)c1)N1CCCN(c2ccccn2)CC1. The monoisotopic (exact) mass is 315 g/mol. The fraction of sp³-hybridized carbons (Fsp3) is 0.294. The molecule has 1 aliphatic rings. The largest absolute Gasteiger partial charge is 0.355 e. The number of nitrogens with zero attached hydrogens (tertiary/aromatic N) is 3. The van der Waals surface area contributed by atoms with E-state index >= 15 is 0 Å². The van der Waals surface area contributed by atoms with Gasteiger partial charge in [-0.3, -0.25) is 4.79 Å². The lowest BCUT2D eigenvalue weighted by Gasteiger charge is -2.22. The van der Waals surface area contributed by atoms with Crippen LogP contribution < -0.4 is 4.90 Å². The third kappa shape index (κ3) is 3.39. The normalized spacial score (nSPS) is 15.5. The Morgan fingerprint density at radius 1 is 1.05 bits per heavy atom. The minimum Gasteiger partial charge on any atom is -0.355 e. The molecule has 1 aromatic carbocycles. The van der Waals surface area contributed by atoms with Crippen LogP contribution in [0.4, 0.5) is 5.82 Å². The number of pyridine rings is 1. The summed E-state index contributed by atoms with van der Waals surface area (Å²) < 4.78 is 0. The lowest BCUT2D eigenvalue weighted by Crippen LogP contribution is -2.35. The van der Waals surface area contributed by atoms with Gasteiger partial charge < -0.3 is 9.80 Å². The van der Waals surface area contributed by atoms with E-state index in [1.165, 1.54) is 0 Å². The van der Waals surface area contributed by atoms with E-state index in [4.69, 9.17) is 11.6 Å². The van der Waals surface area contributed by atoms with Gasteiger partial charge in [0, 0.05) is 43.0 Å². The minimum atomic E-state index is 0.0466. The predicted octanol–water partition coefficient (Wildman–Crippen LogP) is 3.09. The van der Waals surface area contributed by atoms with Gasteiger partial charge in [-0.05, 0) is 36.8 Å². The predicted molar refractivity (Wildman–Crippen MR) is 88.4 cm³/mol. The molecule has 4 nitrogen and oxygen atoms in total. The number of benzene rings is 1. The number of amides is 1. The van der Waals surface area contributed by atoms with Gasteiger partial charge in [-0.2, -0.15) is 0 Å². The van der Waals surface area contributed by atoms with Crippen molar-refractivity contribution in [2.24, 2.45) is 0 Å². The van der Waals surface area contributed by atoms with Gasteiger partial charge in [0.1, 0.15) is 5.82 Å². The van der Waals surface area contributed by atoms with Gasteiger partial charge in [-0.25, -0.2) is 4.98 Å². The Balaban J connectivity index is 1.69. The molecule has 0 atom stereocenters. The molecule has 0 saturated carbocycles. The fourth-order valence-electron chi connectivity index (χ4n) is 2.69. The number of hydrogen-bond donors (Lipinski definition) is 0. The van der Waals surface area contributed by atoms with Crippen LogP contribution in [0.3, 0.4) is 0 Å². The van der Waals surface area contributed by atoms with Crippen LogP contribution >= 0.6 is 11.6 Å². The zero-order valence-corrected chi connectivity index (χ0v) is 13.0. The van der Waals surface area contributed by atoms with E-state index < -0.39 is 0 Å². The number of halogens is 1. The van der Waals surface area contributed by atoms with Crippen LogP contribution in [0, 0.1) is 0 Å². The van der Waals surface area contributed by atoms with Crippen LogP contribution in [-0.2, 0) is 0 Å². The van der Waals surface area contributed by atoms with Gasteiger partial charge in [-0.1, -0.05) is 23.7 Å². The first-order valence-electron chi connectivity index (χ1n) is 7.45. The Hall–Kier alpha value is -2.07. The summed E-state index contributed by atoms with van der Waals surface area (Å²) in [4.78, 5) is 21.1. The molecule has 1 aromatic heterocycles. The molecular formula is C17H18ClN3O. The highest BCUT2D eigenvalue weighted by molar-refractivity contribution is 6.30. The number of carbonyl (C=O) groups excluding carboxylic acids is 1. The molecule has 1 amide bonds. The molecule has 3 rings (SSSR count). The Bertz CT molecular complexity index is 647. The second kappa shape index (κ2) is 6.79. The number of aromatic nitrogens is 1. The molecule has 22 heavy (non-hydrogen) atoms. The van der Waals surface area contributed by atoms with Crippen LogP contribution in [0.25, 0.3) is 0 Å². The quantitative estimate of drug-likeness (QED) is 0.854. The Kier molecular flexibility index (Phi) is 4.59. The highest BCUT2D eigenvalue weighted by atomic mass is 35.5. The second-order valence-electron chi connectivity index (χ2n) is 5.33. The Morgan fingerprint density at radius 3 is 2.73 bits per heavy atom. The van der Waals surface area contributed by atoms with E-state index in [9.17, 15) is 4.79 Å².